The number of benzene rings is 4. The van der Waals surface area contributed by atoms with Gasteiger partial charge in [-0.05, 0) is 72.8 Å². The summed E-state index contributed by atoms with van der Waals surface area (Å²) in [6.07, 6.45) is 0. The second-order valence-corrected chi connectivity index (χ2v) is 25.2. The molecule has 0 aliphatic carbocycles. The number of hydrogen-bond donors (Lipinski definition) is 4. The van der Waals surface area contributed by atoms with Crippen molar-refractivity contribution in [3.63, 3.8) is 0 Å². The Balaban J connectivity index is 0.000000530. The summed E-state index contributed by atoms with van der Waals surface area (Å²) in [5, 5.41) is 26.4. The number of H-pyrrole nitrogens is 4. The van der Waals surface area contributed by atoms with Crippen molar-refractivity contribution in [2.24, 2.45) is 0 Å². The van der Waals surface area contributed by atoms with Crippen LogP contribution in [0.25, 0.3) is 44.1 Å². The zero-order valence-corrected chi connectivity index (χ0v) is 63.6. The van der Waals surface area contributed by atoms with Gasteiger partial charge < -0.3 is 38.9 Å². The molecule has 43 nitrogen and oxygen atoms in total. The number of fused-ring (bicyclic) bond motifs is 8. The van der Waals surface area contributed by atoms with Gasteiger partial charge in [0, 0.05) is 67.1 Å². The van der Waals surface area contributed by atoms with Gasteiger partial charge >= 0.3 is 33.6 Å². The molecule has 6 aromatic heterocycles. The topological polar surface area (TPSA) is 689 Å². The number of nitro groups is 3. The van der Waals surface area contributed by atoms with Crippen LogP contribution >= 0.6 is 0 Å². The van der Waals surface area contributed by atoms with E-state index in [1.807, 2.05) is 72.8 Å². The maximum absolute atomic E-state index is 8.81. The van der Waals surface area contributed by atoms with E-state index in [1.54, 1.807) is 0 Å². The van der Waals surface area contributed by atoms with E-state index in [4.69, 9.17) is 154 Å². The Bertz CT molecular complexity index is 3570. The number of nitrogens with one attached hydrogen (secondary N) is 4. The number of para-hydroxylation sites is 8. The molecule has 12 rings (SSSR count). The van der Waals surface area contributed by atoms with Crippen LogP contribution in [-0.4, -0.2) is 184 Å². The minimum absolute atomic E-state index is 0. The molecule has 0 unspecified atom stereocenters. The Hall–Kier alpha value is -7.53. The average molecular weight is 1720 g/mol. The van der Waals surface area contributed by atoms with Gasteiger partial charge in [0.1, 0.15) is 23.3 Å². The molecule has 0 fully saturated rings. The van der Waals surface area contributed by atoms with Gasteiger partial charge in [0.25, 0.3) is 0 Å². The van der Waals surface area contributed by atoms with Crippen molar-refractivity contribution in [2.45, 2.75) is 52.4 Å². The number of ether oxygens (including phenoxy) is 4. The number of rotatable bonds is 8. The minimum atomic E-state index is -4.94. The van der Waals surface area contributed by atoms with E-state index in [1.165, 1.54) is 0 Å². The third-order valence-corrected chi connectivity index (χ3v) is 13.5. The van der Waals surface area contributed by atoms with Crippen LogP contribution in [0.15, 0.2) is 133 Å². The first-order valence-electron chi connectivity index (χ1n) is 31.3. The Kier molecular flexibility index (Phi) is 45.9. The fourth-order valence-corrected chi connectivity index (χ4v) is 9.77. The van der Waals surface area contributed by atoms with Gasteiger partial charge in [0.15, 0.2) is 21.1 Å². The molecule has 110 heavy (non-hydrogen) atoms. The second kappa shape index (κ2) is 51.2. The first-order valence-corrected chi connectivity index (χ1v) is 36.3. The molecular weight excluding hydrogens is 1650 g/mol. The average Bonchev–Trinajstić information content (AvgIpc) is 1.74. The Morgan fingerprint density at radius 2 is 0.482 bits per heavy atom. The molecule has 0 saturated carbocycles. The van der Waals surface area contributed by atoms with Crippen LogP contribution < -0.4 is 74.5 Å². The number of pyridine rings is 2. The fourth-order valence-electron chi connectivity index (χ4n) is 9.77. The molecule has 2 radical (unpaired) electrons. The van der Waals surface area contributed by atoms with Crippen LogP contribution in [-0.2, 0) is 105 Å². The van der Waals surface area contributed by atoms with Gasteiger partial charge in [0.05, 0.1) is 146 Å². The summed E-state index contributed by atoms with van der Waals surface area (Å²) < 4.78 is 159. The molecule has 606 valence electrons. The molecular formula is C61H75Cl4Co2N17O26. The van der Waals surface area contributed by atoms with E-state index in [-0.39, 0.29) is 33.6 Å². The van der Waals surface area contributed by atoms with Crippen LogP contribution in [0.3, 0.4) is 0 Å². The monoisotopic (exact) mass is 1720 g/mol. The molecule has 10 aromatic rings. The van der Waals surface area contributed by atoms with Crippen molar-refractivity contribution >= 4 is 44.1 Å². The van der Waals surface area contributed by atoms with Gasteiger partial charge in [-0.3, -0.25) is 59.9 Å². The smallest absolute Gasteiger partial charge is 0.378 e. The third kappa shape index (κ3) is 49.0. The van der Waals surface area contributed by atoms with Crippen molar-refractivity contribution in [3.8, 4) is 0 Å². The zero-order chi connectivity index (χ0) is 79.9. The predicted molar refractivity (Wildman–Crippen MR) is 331 cm³/mol. The number of halogens is 4. The molecule has 0 amide bonds. The first-order chi connectivity index (χ1) is 50.8. The summed E-state index contributed by atoms with van der Waals surface area (Å²) in [6, 6.07) is 45.1. The molecule has 8 heterocycles. The molecule has 4 N–H and O–H groups in total. The van der Waals surface area contributed by atoms with Crippen LogP contribution in [0, 0.1) is 71.3 Å². The van der Waals surface area contributed by atoms with Crippen molar-refractivity contribution in [2.75, 3.05) is 100 Å². The van der Waals surface area contributed by atoms with Gasteiger partial charge in [-0.2, -0.15) is 0 Å². The van der Waals surface area contributed by atoms with Crippen LogP contribution in [0.5, 0.6) is 0 Å². The summed E-state index contributed by atoms with van der Waals surface area (Å²) in [5.74, 6) is 3.78. The molecule has 2 aliphatic heterocycles. The molecule has 0 atom stereocenters. The van der Waals surface area contributed by atoms with Gasteiger partial charge in [-0.15, -0.1) is 41.0 Å². The Labute approximate surface area is 655 Å². The number of hydrogen-bond acceptors (Lipinski definition) is 36. The van der Waals surface area contributed by atoms with Crippen LogP contribution in [0.1, 0.15) is 46.1 Å². The Morgan fingerprint density at radius 1 is 0.309 bits per heavy atom. The second-order valence-electron chi connectivity index (χ2n) is 22.2. The van der Waals surface area contributed by atoms with E-state index in [0.717, 1.165) is 138 Å². The van der Waals surface area contributed by atoms with Gasteiger partial charge in [-0.1, -0.05) is 60.7 Å². The summed E-state index contributed by atoms with van der Waals surface area (Å²) >= 11 is 0. The maximum atomic E-state index is 8.81. The van der Waals surface area contributed by atoms with Crippen LogP contribution in [0.4, 0.5) is 0 Å². The number of imidazole rings is 4. The summed E-state index contributed by atoms with van der Waals surface area (Å²) in [7, 11) is -17.1. The normalized spacial score (nSPS) is 14.6. The number of aromatic amines is 4. The van der Waals surface area contributed by atoms with Crippen molar-refractivity contribution in [1.82, 2.24) is 69.4 Å². The maximum Gasteiger partial charge on any atom is 2.00 e. The fraction of sp³-hybridized carbons (Fsp3) is 0.377. The molecule has 4 aromatic carbocycles. The molecule has 0 spiro atoms. The summed E-state index contributed by atoms with van der Waals surface area (Å²) in [4.78, 5) is 77.2. The van der Waals surface area contributed by atoms with E-state index < -0.39 is 55.7 Å². The summed E-state index contributed by atoms with van der Waals surface area (Å²) in [5.41, 5.74) is 12.3. The molecule has 2 aliphatic rings. The van der Waals surface area contributed by atoms with Crippen molar-refractivity contribution < 1.29 is 183 Å². The van der Waals surface area contributed by atoms with E-state index in [9.17, 15) is 0 Å². The van der Waals surface area contributed by atoms with Crippen molar-refractivity contribution in [3.05, 3.63) is 210 Å². The molecule has 49 heteroatoms. The van der Waals surface area contributed by atoms with E-state index >= 15 is 0 Å². The first kappa shape index (κ1) is 98.5. The zero-order valence-electron chi connectivity index (χ0n) is 58.5. The summed E-state index contributed by atoms with van der Waals surface area (Å²) in [6.45, 7) is 13.6. The van der Waals surface area contributed by atoms with E-state index in [2.05, 4.69) is 100 Å². The van der Waals surface area contributed by atoms with Crippen molar-refractivity contribution in [1.29, 1.82) is 0 Å². The molecule has 0 saturated heterocycles. The number of nitrogens with zero attached hydrogens (tertiary/aromatic N) is 13. The van der Waals surface area contributed by atoms with E-state index in [0.29, 0.717) is 105 Å². The largest absolute Gasteiger partial charge is 2.00 e. The quantitative estimate of drug-likeness (QED) is 0.0810. The van der Waals surface area contributed by atoms with Gasteiger partial charge in [-0.25, -0.2) is 94.5 Å². The van der Waals surface area contributed by atoms with Gasteiger partial charge in [0.2, 0.25) is 0 Å². The number of aromatic nitrogens is 10. The standard InChI is InChI=1S/2C29H33N7O2.3CH3NO2.4ClHO4.2Co/c2*1-2-9-25-24(8-1)31-28(32-25)20-35-12-14-37-16-17-38-15-13-36(19-23-7-5-6-22(18-35)30-23)21-29-33-26-10-3-4-11-27(26)34-29;3*1-2(3)4;4*2-1(3,4)5;;/h2*1-11H,12-21H2,(H,31,32)(H,33,34);3*1H3;4*(H,2,3,4,5);;/q;;;;;;;;;2*+2/p-4. The Morgan fingerprint density at radius 3 is 0.655 bits per heavy atom. The SMILES string of the molecule is C[N+](=O)[O-].C[N+](=O)[O-].C[N+](=O)[O-].[Co+2].[Co+2].[O-][Cl+3]([O-])([O-])[O-].[O-][Cl+3]([O-])([O-])[O-].[O-][Cl+3]([O-])([O-])[O-].[O-][Cl+3]([O-])([O-])[O-].c1cc2nc(c1)CN(Cc1nc3ccccc3[nH]1)CCOCCOCCN(Cc1nc3ccccc3[nH]1)C2.c1cc2nc(c1)CN(Cc1nc3ccccc3[nH]1)CCOCCOCCN(Cc1nc3ccccc3[nH]1)C2. The minimum Gasteiger partial charge on any atom is -0.378 e. The third-order valence-electron chi connectivity index (χ3n) is 13.5. The van der Waals surface area contributed by atoms with Crippen LogP contribution in [0.2, 0.25) is 0 Å². The molecule has 4 bridgehead atoms. The predicted octanol–water partition coefficient (Wildman–Crippen LogP) is -11.6.